The Bertz CT molecular complexity index is 511. The maximum Gasteiger partial charge on any atom is 0.434 e. The molecule has 2 rings (SSSR count). The van der Waals surface area contributed by atoms with Gasteiger partial charge in [0.1, 0.15) is 0 Å². The summed E-state index contributed by atoms with van der Waals surface area (Å²) in [7, 11) is 0. The van der Waals surface area contributed by atoms with E-state index in [9.17, 15) is 13.2 Å². The summed E-state index contributed by atoms with van der Waals surface area (Å²) < 4.78 is 38.9. The molecule has 0 bridgehead atoms. The van der Waals surface area contributed by atoms with Gasteiger partial charge in [-0.1, -0.05) is 25.8 Å². The van der Waals surface area contributed by atoms with Gasteiger partial charge in [0.2, 0.25) is 5.28 Å². The second-order valence-electron chi connectivity index (χ2n) is 5.26. The van der Waals surface area contributed by atoms with Crippen molar-refractivity contribution >= 4 is 17.3 Å². The Kier molecular flexibility index (Phi) is 5.08. The van der Waals surface area contributed by atoms with Gasteiger partial charge in [0.05, 0.1) is 0 Å². The summed E-state index contributed by atoms with van der Waals surface area (Å²) in [6, 6.07) is 0. The summed E-state index contributed by atoms with van der Waals surface area (Å²) in [5.41, 5.74) is -1.02. The molecule has 0 aromatic carbocycles. The van der Waals surface area contributed by atoms with Gasteiger partial charge in [-0.15, -0.1) is 0 Å². The molecule has 1 aliphatic carbocycles. The fourth-order valence-electron chi connectivity index (χ4n) is 2.55. The summed E-state index contributed by atoms with van der Waals surface area (Å²) in [5, 5.41) is 2.56. The third kappa shape index (κ3) is 4.33. The van der Waals surface area contributed by atoms with Gasteiger partial charge in [0, 0.05) is 24.0 Å². The molecular weight excluding hydrogens is 303 g/mol. The van der Waals surface area contributed by atoms with Gasteiger partial charge < -0.3 is 5.32 Å². The number of halogens is 4. The van der Waals surface area contributed by atoms with E-state index in [1.807, 2.05) is 0 Å². The topological polar surface area (TPSA) is 37.8 Å². The zero-order valence-electron chi connectivity index (χ0n) is 11.5. The summed E-state index contributed by atoms with van der Waals surface area (Å²) >= 11 is 5.45. The van der Waals surface area contributed by atoms with Crippen LogP contribution in [0, 0.1) is 5.92 Å². The summed E-state index contributed by atoms with van der Waals surface area (Å²) in [4.78, 5) is 6.91. The molecule has 7 heteroatoms. The minimum absolute atomic E-state index is 0.150. The highest BCUT2D eigenvalue weighted by Gasteiger charge is 2.36. The van der Waals surface area contributed by atoms with Crippen molar-refractivity contribution in [3.05, 3.63) is 29.3 Å². The first-order valence-corrected chi connectivity index (χ1v) is 7.28. The van der Waals surface area contributed by atoms with E-state index in [1.165, 1.54) is 19.3 Å². The average molecular weight is 320 g/mol. The molecule has 0 aliphatic heterocycles. The van der Waals surface area contributed by atoms with E-state index in [4.69, 9.17) is 11.6 Å². The van der Waals surface area contributed by atoms with Gasteiger partial charge >= 0.3 is 6.18 Å². The molecule has 1 heterocycles. The fraction of sp³-hybridized carbons (Fsp3) is 0.571. The molecule has 1 N–H and O–H groups in total. The lowest BCUT2D eigenvalue weighted by Gasteiger charge is -2.23. The van der Waals surface area contributed by atoms with Crippen LogP contribution in [0.4, 0.5) is 13.2 Å². The first kappa shape index (κ1) is 16.1. The molecule has 0 saturated heterocycles. The standard InChI is InChI=1S/C14H17ClF3N3/c1-9(19-7-10-5-3-2-4-6-10)11-8-20-13(15)21-12(11)14(16,17)18/h8,10,19H,1-7H2. The normalized spacial score (nSPS) is 16.8. The van der Waals surface area contributed by atoms with Crippen LogP contribution in [0.15, 0.2) is 12.8 Å². The van der Waals surface area contributed by atoms with Crippen molar-refractivity contribution in [1.82, 2.24) is 15.3 Å². The van der Waals surface area contributed by atoms with Crippen molar-refractivity contribution in [3.63, 3.8) is 0 Å². The molecule has 0 unspecified atom stereocenters. The highest BCUT2D eigenvalue weighted by atomic mass is 35.5. The van der Waals surface area contributed by atoms with Gasteiger partial charge in [0.15, 0.2) is 5.69 Å². The first-order chi connectivity index (χ1) is 9.88. The predicted molar refractivity (Wildman–Crippen MR) is 75.7 cm³/mol. The summed E-state index contributed by atoms with van der Waals surface area (Å²) in [6.45, 7) is 4.30. The lowest BCUT2D eigenvalue weighted by Crippen LogP contribution is -2.24. The first-order valence-electron chi connectivity index (χ1n) is 6.91. The Balaban J connectivity index is 2.08. The van der Waals surface area contributed by atoms with Crippen LogP contribution < -0.4 is 5.32 Å². The smallest absolute Gasteiger partial charge is 0.385 e. The Morgan fingerprint density at radius 1 is 1.33 bits per heavy atom. The molecule has 21 heavy (non-hydrogen) atoms. The molecular formula is C14H17ClF3N3. The van der Waals surface area contributed by atoms with Crippen LogP contribution >= 0.6 is 11.6 Å². The van der Waals surface area contributed by atoms with Crippen molar-refractivity contribution < 1.29 is 13.2 Å². The van der Waals surface area contributed by atoms with Gasteiger partial charge in [-0.3, -0.25) is 0 Å². The SMILES string of the molecule is C=C(NCC1CCCCC1)c1cnc(Cl)nc1C(F)(F)F. The van der Waals surface area contributed by atoms with Crippen LogP contribution in [0.3, 0.4) is 0 Å². The Hall–Kier alpha value is -1.30. The third-order valence-corrected chi connectivity index (χ3v) is 3.86. The van der Waals surface area contributed by atoms with Crippen molar-refractivity contribution in [3.8, 4) is 0 Å². The maximum atomic E-state index is 13.0. The fourth-order valence-corrected chi connectivity index (χ4v) is 2.68. The molecule has 1 saturated carbocycles. The van der Waals surface area contributed by atoms with Crippen LogP contribution in [-0.2, 0) is 6.18 Å². The second-order valence-corrected chi connectivity index (χ2v) is 5.60. The Morgan fingerprint density at radius 3 is 2.62 bits per heavy atom. The van der Waals surface area contributed by atoms with Crippen LogP contribution in [0.1, 0.15) is 43.4 Å². The number of nitrogens with one attached hydrogen (secondary N) is 1. The van der Waals surface area contributed by atoms with E-state index < -0.39 is 17.2 Å². The molecule has 1 aliphatic rings. The molecule has 1 aromatic heterocycles. The Labute approximate surface area is 126 Å². The third-order valence-electron chi connectivity index (χ3n) is 3.68. The van der Waals surface area contributed by atoms with Crippen LogP contribution in [-0.4, -0.2) is 16.5 Å². The van der Waals surface area contributed by atoms with E-state index in [0.717, 1.165) is 19.0 Å². The van der Waals surface area contributed by atoms with E-state index in [0.29, 0.717) is 12.5 Å². The predicted octanol–water partition coefficient (Wildman–Crippen LogP) is 4.29. The summed E-state index contributed by atoms with van der Waals surface area (Å²) in [6.07, 6.45) is 2.27. The number of hydrogen-bond acceptors (Lipinski definition) is 3. The Morgan fingerprint density at radius 2 is 2.00 bits per heavy atom. The number of nitrogens with zero attached hydrogens (tertiary/aromatic N) is 2. The van der Waals surface area contributed by atoms with Crippen molar-refractivity contribution in [2.75, 3.05) is 6.54 Å². The van der Waals surface area contributed by atoms with Gasteiger partial charge in [0.25, 0.3) is 0 Å². The van der Waals surface area contributed by atoms with Crippen LogP contribution in [0.2, 0.25) is 5.28 Å². The van der Waals surface area contributed by atoms with Crippen LogP contribution in [0.25, 0.3) is 5.70 Å². The van der Waals surface area contributed by atoms with E-state index in [1.54, 1.807) is 0 Å². The van der Waals surface area contributed by atoms with Crippen molar-refractivity contribution in [2.24, 2.45) is 5.92 Å². The molecule has 116 valence electrons. The summed E-state index contributed by atoms with van der Waals surface area (Å²) in [5.74, 6) is 0.484. The van der Waals surface area contributed by atoms with E-state index in [-0.39, 0.29) is 11.3 Å². The monoisotopic (exact) mass is 319 g/mol. The van der Waals surface area contributed by atoms with Crippen molar-refractivity contribution in [2.45, 2.75) is 38.3 Å². The van der Waals surface area contributed by atoms with Crippen LogP contribution in [0.5, 0.6) is 0 Å². The quantitative estimate of drug-likeness (QED) is 0.841. The molecule has 0 spiro atoms. The largest absolute Gasteiger partial charge is 0.434 e. The average Bonchev–Trinajstić information content (AvgIpc) is 2.45. The van der Waals surface area contributed by atoms with Gasteiger partial charge in [-0.2, -0.15) is 13.2 Å². The molecule has 3 nitrogen and oxygen atoms in total. The minimum Gasteiger partial charge on any atom is -0.385 e. The lowest BCUT2D eigenvalue weighted by atomic mass is 9.89. The highest BCUT2D eigenvalue weighted by Crippen LogP contribution is 2.33. The number of rotatable bonds is 4. The van der Waals surface area contributed by atoms with Gasteiger partial charge in [-0.05, 0) is 30.4 Å². The molecule has 0 amide bonds. The zero-order valence-corrected chi connectivity index (χ0v) is 12.3. The van der Waals surface area contributed by atoms with Gasteiger partial charge in [-0.25, -0.2) is 9.97 Å². The molecule has 0 atom stereocenters. The second kappa shape index (κ2) is 6.64. The highest BCUT2D eigenvalue weighted by molar-refractivity contribution is 6.28. The number of alkyl halides is 3. The molecule has 1 aromatic rings. The number of aromatic nitrogens is 2. The number of hydrogen-bond donors (Lipinski definition) is 1. The van der Waals surface area contributed by atoms with E-state index in [2.05, 4.69) is 21.9 Å². The lowest BCUT2D eigenvalue weighted by molar-refractivity contribution is -0.141. The molecule has 0 radical (unpaired) electrons. The minimum atomic E-state index is -4.59. The molecule has 1 fully saturated rings. The van der Waals surface area contributed by atoms with Crippen molar-refractivity contribution in [1.29, 1.82) is 0 Å². The maximum absolute atomic E-state index is 13.0. The zero-order chi connectivity index (χ0) is 15.5. The van der Waals surface area contributed by atoms with E-state index >= 15 is 0 Å².